The van der Waals surface area contributed by atoms with Gasteiger partial charge >= 0.3 is 0 Å². The fourth-order valence-electron chi connectivity index (χ4n) is 2.69. The van der Waals surface area contributed by atoms with Crippen molar-refractivity contribution in [2.75, 3.05) is 18.6 Å². The molecule has 0 aliphatic carbocycles. The fraction of sp³-hybridized carbons (Fsp3) is 0.263. The van der Waals surface area contributed by atoms with Gasteiger partial charge in [-0.25, -0.2) is 8.78 Å². The highest BCUT2D eigenvalue weighted by Gasteiger charge is 2.24. The van der Waals surface area contributed by atoms with Gasteiger partial charge in [-0.15, -0.1) is 23.5 Å². The van der Waals surface area contributed by atoms with Crippen molar-refractivity contribution >= 4 is 35.3 Å². The van der Waals surface area contributed by atoms with Crippen LogP contribution < -0.4 is 10.6 Å². The van der Waals surface area contributed by atoms with Gasteiger partial charge in [-0.05, 0) is 35.4 Å². The van der Waals surface area contributed by atoms with Crippen LogP contribution in [-0.4, -0.2) is 30.4 Å². The predicted octanol–water partition coefficient (Wildman–Crippen LogP) is 3.66. The Hall–Kier alpha value is -2.06. The number of likely N-dealkylation sites (N-methyl/N-ethyl adjacent to an activating group) is 1. The average Bonchev–Trinajstić information content (AvgIpc) is 3.22. The molecular formula is C19H18F2N2O2S2. The third-order valence-electron chi connectivity index (χ3n) is 4.13. The molecule has 1 saturated heterocycles. The van der Waals surface area contributed by atoms with Crippen LogP contribution in [0.4, 0.5) is 8.78 Å². The molecule has 27 heavy (non-hydrogen) atoms. The Bertz CT molecular complexity index is 840. The van der Waals surface area contributed by atoms with E-state index in [1.54, 1.807) is 12.1 Å². The highest BCUT2D eigenvalue weighted by Crippen LogP contribution is 2.45. The number of rotatable bonds is 5. The van der Waals surface area contributed by atoms with E-state index >= 15 is 0 Å². The molecule has 3 rings (SSSR count). The molecule has 2 amide bonds. The molecule has 0 saturated carbocycles. The van der Waals surface area contributed by atoms with Gasteiger partial charge < -0.3 is 10.6 Å². The van der Waals surface area contributed by atoms with Crippen LogP contribution in [0.25, 0.3) is 0 Å². The van der Waals surface area contributed by atoms with Gasteiger partial charge in [0.2, 0.25) is 5.91 Å². The summed E-state index contributed by atoms with van der Waals surface area (Å²) in [5.41, 5.74) is 1.70. The van der Waals surface area contributed by atoms with Crippen LogP contribution in [0.15, 0.2) is 42.5 Å². The molecule has 0 radical (unpaired) electrons. The minimum absolute atomic E-state index is 0.164. The zero-order valence-corrected chi connectivity index (χ0v) is 16.1. The zero-order chi connectivity index (χ0) is 19.4. The highest BCUT2D eigenvalue weighted by atomic mass is 32.2. The second kappa shape index (κ2) is 8.75. The Kier molecular flexibility index (Phi) is 6.38. The molecule has 1 atom stereocenters. The van der Waals surface area contributed by atoms with Gasteiger partial charge in [-0.2, -0.15) is 0 Å². The average molecular weight is 408 g/mol. The lowest BCUT2D eigenvalue weighted by Gasteiger charge is -2.18. The maximum absolute atomic E-state index is 13.5. The summed E-state index contributed by atoms with van der Waals surface area (Å²) in [5, 5.41) is 5.01. The summed E-state index contributed by atoms with van der Waals surface area (Å²) in [6.07, 6.45) is 0. The monoisotopic (exact) mass is 408 g/mol. The highest BCUT2D eigenvalue weighted by molar-refractivity contribution is 8.19. The van der Waals surface area contributed by atoms with E-state index < -0.39 is 29.5 Å². The van der Waals surface area contributed by atoms with E-state index in [1.165, 1.54) is 13.1 Å². The summed E-state index contributed by atoms with van der Waals surface area (Å²) in [6, 6.07) is 9.20. The third kappa shape index (κ3) is 4.62. The largest absolute Gasteiger partial charge is 0.357 e. The van der Waals surface area contributed by atoms with E-state index in [0.717, 1.165) is 29.2 Å². The number of amides is 2. The normalized spacial score (nSPS) is 15.4. The number of hydrogen-bond donors (Lipinski definition) is 2. The number of carbonyl (C=O) groups excluding carboxylic acids is 2. The SMILES string of the molecule is CNC(=O)C(NC(=O)c1ccc(C2SCCS2)cc1)c1ccc(F)c(F)c1. The van der Waals surface area contributed by atoms with Crippen molar-refractivity contribution in [3.8, 4) is 0 Å². The second-order valence-corrected chi connectivity index (χ2v) is 8.61. The third-order valence-corrected chi connectivity index (χ3v) is 7.23. The summed E-state index contributed by atoms with van der Waals surface area (Å²) >= 11 is 3.74. The van der Waals surface area contributed by atoms with E-state index in [1.807, 2.05) is 35.7 Å². The van der Waals surface area contributed by atoms with Crippen molar-refractivity contribution < 1.29 is 18.4 Å². The Morgan fingerprint density at radius 3 is 2.30 bits per heavy atom. The van der Waals surface area contributed by atoms with Gasteiger partial charge in [0, 0.05) is 24.1 Å². The van der Waals surface area contributed by atoms with Crippen molar-refractivity contribution in [1.82, 2.24) is 10.6 Å². The molecule has 0 spiro atoms. The first-order valence-electron chi connectivity index (χ1n) is 8.30. The van der Waals surface area contributed by atoms with Gasteiger partial charge in [0.25, 0.3) is 5.91 Å². The molecule has 0 aromatic heterocycles. The Balaban J connectivity index is 1.77. The van der Waals surface area contributed by atoms with Gasteiger partial charge in [0.1, 0.15) is 6.04 Å². The summed E-state index contributed by atoms with van der Waals surface area (Å²) in [7, 11) is 1.41. The molecule has 1 aliphatic heterocycles. The van der Waals surface area contributed by atoms with Gasteiger partial charge in [0.15, 0.2) is 11.6 Å². The van der Waals surface area contributed by atoms with Crippen LogP contribution in [0.2, 0.25) is 0 Å². The molecule has 142 valence electrons. The van der Waals surface area contributed by atoms with Crippen molar-refractivity contribution in [3.63, 3.8) is 0 Å². The molecule has 1 aliphatic rings. The number of hydrogen-bond acceptors (Lipinski definition) is 4. The smallest absolute Gasteiger partial charge is 0.252 e. The van der Waals surface area contributed by atoms with E-state index in [9.17, 15) is 18.4 Å². The maximum atomic E-state index is 13.5. The van der Waals surface area contributed by atoms with E-state index in [0.29, 0.717) is 10.1 Å². The Labute approximate surface area is 164 Å². The van der Waals surface area contributed by atoms with Crippen LogP contribution in [-0.2, 0) is 4.79 Å². The lowest BCUT2D eigenvalue weighted by molar-refractivity contribution is -0.122. The predicted molar refractivity (Wildman–Crippen MR) is 105 cm³/mol. The number of thioether (sulfide) groups is 2. The van der Waals surface area contributed by atoms with Crippen LogP contribution in [0.3, 0.4) is 0 Å². The molecule has 1 fully saturated rings. The molecule has 4 nitrogen and oxygen atoms in total. The topological polar surface area (TPSA) is 58.2 Å². The molecule has 2 aromatic carbocycles. The van der Waals surface area contributed by atoms with Crippen molar-refractivity contribution in [3.05, 3.63) is 70.8 Å². The zero-order valence-electron chi connectivity index (χ0n) is 14.5. The van der Waals surface area contributed by atoms with Crippen LogP contribution in [0.5, 0.6) is 0 Å². The van der Waals surface area contributed by atoms with E-state index in [4.69, 9.17) is 0 Å². The van der Waals surface area contributed by atoms with Gasteiger partial charge in [-0.1, -0.05) is 18.2 Å². The fourth-order valence-corrected chi connectivity index (χ4v) is 5.55. The summed E-state index contributed by atoms with van der Waals surface area (Å²) in [5.74, 6) is -0.860. The molecule has 8 heteroatoms. The van der Waals surface area contributed by atoms with Crippen LogP contribution >= 0.6 is 23.5 Å². The van der Waals surface area contributed by atoms with Crippen LogP contribution in [0.1, 0.15) is 32.1 Å². The standard InChI is InChI=1S/C19H18F2N2O2S2/c1-22-18(25)16(13-6-7-14(20)15(21)10-13)23-17(24)11-2-4-12(5-3-11)19-26-8-9-27-19/h2-7,10,16,19H,8-9H2,1H3,(H,22,25)(H,23,24). The molecule has 1 unspecified atom stereocenters. The molecule has 2 aromatic rings. The lowest BCUT2D eigenvalue weighted by atomic mass is 10.0. The minimum atomic E-state index is -1.13. The molecule has 2 N–H and O–H groups in total. The van der Waals surface area contributed by atoms with Crippen molar-refractivity contribution in [2.24, 2.45) is 0 Å². The minimum Gasteiger partial charge on any atom is -0.357 e. The molecule has 0 bridgehead atoms. The first kappa shape index (κ1) is 19.7. The summed E-state index contributed by atoms with van der Waals surface area (Å²) in [6.45, 7) is 0. The molecule has 1 heterocycles. The van der Waals surface area contributed by atoms with Crippen molar-refractivity contribution in [2.45, 2.75) is 10.6 Å². The summed E-state index contributed by atoms with van der Waals surface area (Å²) in [4.78, 5) is 24.7. The first-order valence-corrected chi connectivity index (χ1v) is 10.4. The quantitative estimate of drug-likeness (QED) is 0.793. The van der Waals surface area contributed by atoms with Gasteiger partial charge in [0.05, 0.1) is 4.58 Å². The number of halogens is 2. The number of nitrogens with one attached hydrogen (secondary N) is 2. The first-order chi connectivity index (χ1) is 13.0. The maximum Gasteiger partial charge on any atom is 0.252 e. The van der Waals surface area contributed by atoms with E-state index in [2.05, 4.69) is 10.6 Å². The lowest BCUT2D eigenvalue weighted by Crippen LogP contribution is -2.39. The van der Waals surface area contributed by atoms with Crippen molar-refractivity contribution in [1.29, 1.82) is 0 Å². The second-order valence-electron chi connectivity index (χ2n) is 5.89. The van der Waals surface area contributed by atoms with Gasteiger partial charge in [-0.3, -0.25) is 9.59 Å². The summed E-state index contributed by atoms with van der Waals surface area (Å²) < 4.78 is 27.1. The Morgan fingerprint density at radius 1 is 1.04 bits per heavy atom. The molecular weight excluding hydrogens is 390 g/mol. The number of carbonyl (C=O) groups is 2. The van der Waals surface area contributed by atoms with Crippen LogP contribution in [0, 0.1) is 11.6 Å². The number of benzene rings is 2. The van der Waals surface area contributed by atoms with E-state index in [-0.39, 0.29) is 5.56 Å². The Morgan fingerprint density at radius 2 is 1.70 bits per heavy atom.